The monoisotopic (exact) mass is 385 g/mol. The van der Waals surface area contributed by atoms with Gasteiger partial charge in [0.25, 0.3) is 0 Å². The largest absolute Gasteiger partial charge is 0.387 e. The predicted octanol–water partition coefficient (Wildman–Crippen LogP) is -1.14. The van der Waals surface area contributed by atoms with E-state index in [0.29, 0.717) is 11.4 Å². The van der Waals surface area contributed by atoms with Crippen molar-refractivity contribution in [3.05, 3.63) is 4.91 Å². The lowest BCUT2D eigenvalue weighted by molar-refractivity contribution is -0.319. The number of halogens is 1. The molecular weight excluding hydrogens is 362 g/mol. The highest BCUT2D eigenvalue weighted by atomic mass is 35.5. The Morgan fingerprint density at radius 2 is 2.00 bits per heavy atom. The van der Waals surface area contributed by atoms with E-state index in [-0.39, 0.29) is 18.5 Å². The van der Waals surface area contributed by atoms with Crippen molar-refractivity contribution >= 4 is 17.6 Å². The van der Waals surface area contributed by atoms with Gasteiger partial charge < -0.3 is 35.2 Å². The smallest absolute Gasteiger partial charge is 0.342 e. The molecule has 1 heterocycles. The fraction of sp³-hybridized carbons (Fsp3) is 0.923. The molecule has 1 rings (SSSR count). The Labute approximate surface area is 149 Å². The molecule has 0 spiro atoms. The van der Waals surface area contributed by atoms with Gasteiger partial charge in [-0.15, -0.1) is 16.5 Å². The predicted molar refractivity (Wildman–Crippen MR) is 85.3 cm³/mol. The molecule has 1 aliphatic rings. The lowest BCUT2D eigenvalue weighted by atomic mass is 9.97. The van der Waals surface area contributed by atoms with E-state index < -0.39 is 43.0 Å². The number of ether oxygens (including phenoxy) is 2. The standard InChI is InChI=1S/C13H24ClN3O8/c1-3-6(2)24-12-9(20)7(18)8(19)10(25-12)11(21)15-13(22)17(16-23)5-4-14/h6-12,18-21H,3-5H2,1-2H3,(H,15,22)/t6?,7-,8-,9+,10-,11?,12-/m0/s1. The molecule has 0 aliphatic carbocycles. The number of hydrogen-bond acceptors (Lipinski definition) is 9. The minimum atomic E-state index is -1.81. The normalized spacial score (nSPS) is 31.9. The molecule has 1 aliphatic heterocycles. The number of carbonyl (C=O) groups is 1. The van der Waals surface area contributed by atoms with E-state index in [1.807, 2.05) is 12.2 Å². The summed E-state index contributed by atoms with van der Waals surface area (Å²) >= 11 is 5.42. The summed E-state index contributed by atoms with van der Waals surface area (Å²) in [5.41, 5.74) is 0. The molecule has 1 fully saturated rings. The van der Waals surface area contributed by atoms with Crippen LogP contribution in [-0.4, -0.2) is 86.9 Å². The third-order valence-corrected chi connectivity index (χ3v) is 3.93. The average Bonchev–Trinajstić information content (AvgIpc) is 2.59. The molecule has 2 amide bonds. The first-order valence-electron chi connectivity index (χ1n) is 7.77. The van der Waals surface area contributed by atoms with Gasteiger partial charge >= 0.3 is 6.03 Å². The fourth-order valence-corrected chi connectivity index (χ4v) is 2.27. The van der Waals surface area contributed by atoms with Crippen LogP contribution in [0.3, 0.4) is 0 Å². The number of urea groups is 1. The molecule has 0 aromatic carbocycles. The van der Waals surface area contributed by atoms with Gasteiger partial charge in [0.15, 0.2) is 12.5 Å². The first kappa shape index (κ1) is 22.0. The summed E-state index contributed by atoms with van der Waals surface area (Å²) in [6, 6.07) is -1.07. The van der Waals surface area contributed by atoms with Crippen molar-refractivity contribution in [3.8, 4) is 0 Å². The van der Waals surface area contributed by atoms with Crippen LogP contribution in [0.2, 0.25) is 0 Å². The second kappa shape index (κ2) is 10.2. The Morgan fingerprint density at radius 1 is 1.36 bits per heavy atom. The molecule has 0 radical (unpaired) electrons. The maximum Gasteiger partial charge on any atom is 0.342 e. The number of aliphatic hydroxyl groups is 4. The number of amides is 2. The molecule has 0 bridgehead atoms. The average molecular weight is 386 g/mol. The van der Waals surface area contributed by atoms with E-state index in [4.69, 9.17) is 21.1 Å². The molecule has 0 aromatic rings. The van der Waals surface area contributed by atoms with Crippen LogP contribution in [0.4, 0.5) is 4.79 Å². The van der Waals surface area contributed by atoms with E-state index >= 15 is 0 Å². The minimum Gasteiger partial charge on any atom is -0.387 e. The van der Waals surface area contributed by atoms with Crippen molar-refractivity contribution in [2.75, 3.05) is 12.4 Å². The van der Waals surface area contributed by atoms with Crippen molar-refractivity contribution in [3.63, 3.8) is 0 Å². The number of hydrogen-bond donors (Lipinski definition) is 5. The SMILES string of the molecule is CCC(C)O[C@H]1O[C@H](C(O)NC(=O)N(CCCl)N=O)[C@@H](O)[C@H](O)[C@H]1O. The minimum absolute atomic E-state index is 0.0620. The molecule has 7 atom stereocenters. The molecule has 0 aromatic heterocycles. The second-order valence-electron chi connectivity index (χ2n) is 5.58. The van der Waals surface area contributed by atoms with Gasteiger partial charge in [-0.25, -0.2) is 4.79 Å². The summed E-state index contributed by atoms with van der Waals surface area (Å²) in [5, 5.41) is 44.8. The summed E-state index contributed by atoms with van der Waals surface area (Å²) in [6.45, 7) is 3.34. The Kier molecular flexibility index (Phi) is 8.93. The maximum atomic E-state index is 11.8. The van der Waals surface area contributed by atoms with Crippen molar-refractivity contribution < 1.29 is 34.7 Å². The summed E-state index contributed by atoms with van der Waals surface area (Å²) < 4.78 is 10.7. The van der Waals surface area contributed by atoms with Crippen molar-refractivity contribution in [2.24, 2.45) is 5.29 Å². The van der Waals surface area contributed by atoms with Gasteiger partial charge in [-0.3, -0.25) is 0 Å². The van der Waals surface area contributed by atoms with Gasteiger partial charge in [0.2, 0.25) is 0 Å². The number of carbonyl (C=O) groups excluding carboxylic acids is 1. The molecule has 12 heteroatoms. The van der Waals surface area contributed by atoms with Crippen molar-refractivity contribution in [1.82, 2.24) is 10.3 Å². The molecule has 25 heavy (non-hydrogen) atoms. The highest BCUT2D eigenvalue weighted by Gasteiger charge is 2.47. The van der Waals surface area contributed by atoms with Crippen LogP contribution in [0.25, 0.3) is 0 Å². The van der Waals surface area contributed by atoms with Crippen molar-refractivity contribution in [2.45, 2.75) is 63.3 Å². The van der Waals surface area contributed by atoms with E-state index in [1.165, 1.54) is 0 Å². The van der Waals surface area contributed by atoms with Crippen LogP contribution in [0.15, 0.2) is 5.29 Å². The van der Waals surface area contributed by atoms with E-state index in [9.17, 15) is 30.1 Å². The highest BCUT2D eigenvalue weighted by molar-refractivity contribution is 6.18. The van der Waals surface area contributed by atoms with E-state index in [0.717, 1.165) is 0 Å². The van der Waals surface area contributed by atoms with E-state index in [1.54, 1.807) is 6.92 Å². The molecular formula is C13H24ClN3O8. The Bertz CT molecular complexity index is 445. The van der Waals surface area contributed by atoms with Gasteiger partial charge in [-0.05, 0) is 13.3 Å². The zero-order valence-electron chi connectivity index (χ0n) is 13.9. The molecule has 1 saturated heterocycles. The first-order valence-corrected chi connectivity index (χ1v) is 8.30. The Balaban J connectivity index is 2.79. The number of alkyl halides is 1. The van der Waals surface area contributed by atoms with E-state index in [2.05, 4.69) is 5.29 Å². The summed E-state index contributed by atoms with van der Waals surface area (Å²) in [6.07, 6.45) is -9.33. The first-order chi connectivity index (χ1) is 11.8. The zero-order chi connectivity index (χ0) is 19.1. The third kappa shape index (κ3) is 5.71. The molecule has 5 N–H and O–H groups in total. The van der Waals surface area contributed by atoms with Crippen LogP contribution < -0.4 is 5.32 Å². The Morgan fingerprint density at radius 3 is 2.52 bits per heavy atom. The lowest BCUT2D eigenvalue weighted by Gasteiger charge is -2.42. The summed E-state index contributed by atoms with van der Waals surface area (Å²) in [4.78, 5) is 22.4. The van der Waals surface area contributed by atoms with Gasteiger partial charge in [-0.2, -0.15) is 5.01 Å². The van der Waals surface area contributed by atoms with Gasteiger partial charge in [-0.1, -0.05) is 6.92 Å². The quantitative estimate of drug-likeness (QED) is 0.151. The number of nitrogens with zero attached hydrogens (tertiary/aromatic N) is 2. The van der Waals surface area contributed by atoms with Gasteiger partial charge in [0.1, 0.15) is 24.4 Å². The summed E-state index contributed by atoms with van der Waals surface area (Å²) in [5.74, 6) is -0.0620. The van der Waals surface area contributed by atoms with Crippen LogP contribution in [0.1, 0.15) is 20.3 Å². The van der Waals surface area contributed by atoms with Crippen LogP contribution in [-0.2, 0) is 9.47 Å². The number of rotatable bonds is 8. The molecule has 0 saturated carbocycles. The second-order valence-corrected chi connectivity index (χ2v) is 5.96. The van der Waals surface area contributed by atoms with Crippen molar-refractivity contribution in [1.29, 1.82) is 0 Å². The van der Waals surface area contributed by atoms with Crippen LogP contribution in [0.5, 0.6) is 0 Å². The zero-order valence-corrected chi connectivity index (χ0v) is 14.6. The fourth-order valence-electron chi connectivity index (χ4n) is 2.11. The number of nitroso groups, excluding NO2 is 1. The van der Waals surface area contributed by atoms with Gasteiger partial charge in [0, 0.05) is 5.88 Å². The molecule has 146 valence electrons. The van der Waals surface area contributed by atoms with Crippen LogP contribution >= 0.6 is 11.6 Å². The summed E-state index contributed by atoms with van der Waals surface area (Å²) in [7, 11) is 0. The van der Waals surface area contributed by atoms with Crippen LogP contribution in [0, 0.1) is 4.91 Å². The topological polar surface area (TPSA) is 161 Å². The lowest BCUT2D eigenvalue weighted by Crippen LogP contribution is -2.64. The number of nitrogens with one attached hydrogen (secondary N) is 1. The molecule has 2 unspecified atom stereocenters. The maximum absolute atomic E-state index is 11.8. The van der Waals surface area contributed by atoms with Gasteiger partial charge in [0.05, 0.1) is 17.9 Å². The Hall–Kier alpha value is -1.08. The number of aliphatic hydroxyl groups excluding tert-OH is 4. The molecule has 11 nitrogen and oxygen atoms in total. The third-order valence-electron chi connectivity index (χ3n) is 3.76. The highest BCUT2D eigenvalue weighted by Crippen LogP contribution is 2.25.